The summed E-state index contributed by atoms with van der Waals surface area (Å²) in [6.07, 6.45) is 1.35. The smallest absolute Gasteiger partial charge is 0.186 e. The second-order valence-electron chi connectivity index (χ2n) is 12.6. The fraction of sp³-hybridized carbons (Fsp3) is 0.926. The van der Waals surface area contributed by atoms with Gasteiger partial charge in [0, 0.05) is 5.92 Å². The highest BCUT2D eigenvalue weighted by Gasteiger charge is 2.62. The van der Waals surface area contributed by atoms with Gasteiger partial charge in [-0.2, -0.15) is 0 Å². The van der Waals surface area contributed by atoms with Gasteiger partial charge in [-0.05, 0) is 80.5 Å². The average molecular weight is 497 g/mol. The summed E-state index contributed by atoms with van der Waals surface area (Å²) in [7, 11) is 0. The maximum Gasteiger partial charge on any atom is 0.186 e. The molecule has 200 valence electrons. The number of fused-ring (bicyclic) bond motifs is 5. The largest absolute Gasteiger partial charge is 0.394 e. The summed E-state index contributed by atoms with van der Waals surface area (Å²) in [4.78, 5) is 0. The standard InChI is InChI=1S/C27H44O8/c1-13(29)21-19(30)11-18-16-5-4-14-10-15(6-8-26(14,2)17(16)7-9-27(18,21)3)34-25-24(33)23(32)22(31)20(12-28)35-25/h4,13,15-25,28-33H,5-12H2,1-3H3/t13-,15+,16-,17+,18+,19+,20-,21+,22-,23+,24-,25-,26+,27+/m1/s1. The summed E-state index contributed by atoms with van der Waals surface area (Å²) in [6.45, 7) is 6.02. The minimum atomic E-state index is -1.43. The molecule has 0 spiro atoms. The number of aliphatic hydroxyl groups is 6. The lowest BCUT2D eigenvalue weighted by Crippen LogP contribution is -2.60. The molecule has 1 heterocycles. The Morgan fingerprint density at radius 3 is 2.49 bits per heavy atom. The molecule has 8 nitrogen and oxygen atoms in total. The van der Waals surface area contributed by atoms with E-state index in [1.54, 1.807) is 0 Å². The van der Waals surface area contributed by atoms with E-state index < -0.39 is 49.5 Å². The van der Waals surface area contributed by atoms with Gasteiger partial charge in [-0.1, -0.05) is 25.5 Å². The van der Waals surface area contributed by atoms with Crippen LogP contribution in [0.25, 0.3) is 0 Å². The van der Waals surface area contributed by atoms with E-state index in [1.165, 1.54) is 5.57 Å². The zero-order valence-corrected chi connectivity index (χ0v) is 21.2. The van der Waals surface area contributed by atoms with Gasteiger partial charge in [0.05, 0.1) is 24.9 Å². The Balaban J connectivity index is 1.30. The Morgan fingerprint density at radius 1 is 1.06 bits per heavy atom. The lowest BCUT2D eigenvalue weighted by atomic mass is 9.47. The van der Waals surface area contributed by atoms with Crippen molar-refractivity contribution in [3.05, 3.63) is 11.6 Å². The average Bonchev–Trinajstić information content (AvgIpc) is 3.09. The number of ether oxygens (including phenoxy) is 2. The van der Waals surface area contributed by atoms with Crippen molar-refractivity contribution in [2.45, 2.75) is 115 Å². The second-order valence-corrected chi connectivity index (χ2v) is 12.6. The van der Waals surface area contributed by atoms with Crippen molar-refractivity contribution in [1.29, 1.82) is 0 Å². The van der Waals surface area contributed by atoms with Gasteiger partial charge in [-0.25, -0.2) is 0 Å². The van der Waals surface area contributed by atoms with Crippen LogP contribution in [-0.4, -0.2) is 86.3 Å². The van der Waals surface area contributed by atoms with E-state index in [4.69, 9.17) is 9.47 Å². The first-order chi connectivity index (χ1) is 16.5. The van der Waals surface area contributed by atoms with Gasteiger partial charge in [-0.3, -0.25) is 0 Å². The first-order valence-corrected chi connectivity index (χ1v) is 13.5. The number of hydrogen-bond donors (Lipinski definition) is 6. The highest BCUT2D eigenvalue weighted by Crippen LogP contribution is 2.66. The van der Waals surface area contributed by atoms with E-state index in [2.05, 4.69) is 19.9 Å². The predicted molar refractivity (Wildman–Crippen MR) is 127 cm³/mol. The minimum Gasteiger partial charge on any atom is -0.394 e. The Morgan fingerprint density at radius 2 is 1.80 bits per heavy atom. The summed E-state index contributed by atoms with van der Waals surface area (Å²) in [5.41, 5.74) is 1.42. The molecule has 3 saturated carbocycles. The van der Waals surface area contributed by atoms with Gasteiger partial charge in [0.2, 0.25) is 0 Å². The van der Waals surface area contributed by atoms with E-state index in [0.29, 0.717) is 17.8 Å². The van der Waals surface area contributed by atoms with Gasteiger partial charge >= 0.3 is 0 Å². The minimum absolute atomic E-state index is 0.0279. The maximum absolute atomic E-state index is 10.9. The molecule has 8 heteroatoms. The molecule has 1 aliphatic heterocycles. The third kappa shape index (κ3) is 4.04. The van der Waals surface area contributed by atoms with Gasteiger partial charge in [-0.15, -0.1) is 0 Å². The molecule has 0 radical (unpaired) electrons. The van der Waals surface area contributed by atoms with Crippen molar-refractivity contribution in [3.8, 4) is 0 Å². The summed E-state index contributed by atoms with van der Waals surface area (Å²) >= 11 is 0. The number of rotatable bonds is 4. The zero-order valence-electron chi connectivity index (χ0n) is 21.2. The molecule has 0 aromatic rings. The third-order valence-corrected chi connectivity index (χ3v) is 10.9. The van der Waals surface area contributed by atoms with Crippen molar-refractivity contribution in [2.24, 2.45) is 34.5 Å². The van der Waals surface area contributed by atoms with Crippen LogP contribution in [0.4, 0.5) is 0 Å². The van der Waals surface area contributed by atoms with Crippen molar-refractivity contribution in [3.63, 3.8) is 0 Å². The molecule has 1 saturated heterocycles. The Labute approximate surface area is 208 Å². The van der Waals surface area contributed by atoms with Crippen LogP contribution >= 0.6 is 0 Å². The number of allylic oxidation sites excluding steroid dienone is 1. The molecule has 0 bridgehead atoms. The van der Waals surface area contributed by atoms with E-state index in [9.17, 15) is 30.6 Å². The van der Waals surface area contributed by atoms with Gasteiger partial charge in [0.15, 0.2) is 6.29 Å². The van der Waals surface area contributed by atoms with Crippen LogP contribution in [0.2, 0.25) is 0 Å². The van der Waals surface area contributed by atoms with E-state index in [1.807, 2.05) is 6.92 Å². The lowest BCUT2D eigenvalue weighted by molar-refractivity contribution is -0.313. The van der Waals surface area contributed by atoms with Crippen molar-refractivity contribution in [2.75, 3.05) is 6.61 Å². The van der Waals surface area contributed by atoms with Crippen molar-refractivity contribution < 1.29 is 40.1 Å². The molecule has 5 aliphatic rings. The van der Waals surface area contributed by atoms with E-state index in [0.717, 1.165) is 44.9 Å². The van der Waals surface area contributed by atoms with Crippen LogP contribution in [-0.2, 0) is 9.47 Å². The van der Waals surface area contributed by atoms with Crippen LogP contribution in [0.5, 0.6) is 0 Å². The van der Waals surface area contributed by atoms with Gasteiger partial charge in [0.25, 0.3) is 0 Å². The Hall–Kier alpha value is -0.580. The molecule has 14 atom stereocenters. The molecule has 4 fully saturated rings. The van der Waals surface area contributed by atoms with Crippen LogP contribution in [0, 0.1) is 34.5 Å². The van der Waals surface area contributed by atoms with Crippen LogP contribution in [0.3, 0.4) is 0 Å². The third-order valence-electron chi connectivity index (χ3n) is 10.9. The fourth-order valence-corrected chi connectivity index (χ4v) is 9.04. The maximum atomic E-state index is 10.9. The molecule has 0 unspecified atom stereocenters. The second kappa shape index (κ2) is 9.31. The molecular formula is C27H44O8. The predicted octanol–water partition coefficient (Wildman–Crippen LogP) is 1.10. The van der Waals surface area contributed by atoms with E-state index >= 15 is 0 Å². The molecular weight excluding hydrogens is 452 g/mol. The zero-order chi connectivity index (χ0) is 25.3. The molecule has 0 amide bonds. The van der Waals surface area contributed by atoms with Crippen LogP contribution in [0.1, 0.15) is 65.7 Å². The van der Waals surface area contributed by atoms with Crippen molar-refractivity contribution >= 4 is 0 Å². The van der Waals surface area contributed by atoms with Crippen LogP contribution < -0.4 is 0 Å². The van der Waals surface area contributed by atoms with Crippen LogP contribution in [0.15, 0.2) is 11.6 Å². The molecule has 0 aromatic carbocycles. The first-order valence-electron chi connectivity index (χ1n) is 13.5. The Bertz CT molecular complexity index is 815. The monoisotopic (exact) mass is 496 g/mol. The molecule has 4 aliphatic carbocycles. The summed E-state index contributed by atoms with van der Waals surface area (Å²) < 4.78 is 11.7. The highest BCUT2D eigenvalue weighted by atomic mass is 16.7. The lowest BCUT2D eigenvalue weighted by Gasteiger charge is -2.58. The first kappa shape index (κ1) is 26.0. The van der Waals surface area contributed by atoms with Gasteiger partial charge in [0.1, 0.15) is 24.4 Å². The topological polar surface area (TPSA) is 140 Å². The van der Waals surface area contributed by atoms with Crippen molar-refractivity contribution in [1.82, 2.24) is 0 Å². The van der Waals surface area contributed by atoms with Gasteiger partial charge < -0.3 is 40.1 Å². The molecule has 35 heavy (non-hydrogen) atoms. The summed E-state index contributed by atoms with van der Waals surface area (Å²) in [5.74, 6) is 1.39. The summed E-state index contributed by atoms with van der Waals surface area (Å²) in [6, 6.07) is 0. The summed E-state index contributed by atoms with van der Waals surface area (Å²) in [5, 5.41) is 61.3. The number of hydrogen-bond acceptors (Lipinski definition) is 8. The highest BCUT2D eigenvalue weighted by molar-refractivity contribution is 5.26. The normalized spacial score (nSPS) is 54.9. The molecule has 0 aromatic heterocycles. The SMILES string of the molecule is C[C@@H](O)[C@H]1[C@@H](O)C[C@H]2[C@@H]3CC=C4C[C@@H](O[C@@H]5O[C@H](CO)[C@@H](O)[C@H](O)[C@H]5O)CC[C@]4(C)[C@H]3CC[C@]12C. The quantitative estimate of drug-likeness (QED) is 0.318. The molecule has 6 N–H and O–H groups in total. The number of aliphatic hydroxyl groups excluding tert-OH is 6. The van der Waals surface area contributed by atoms with E-state index in [-0.39, 0.29) is 22.9 Å². The fourth-order valence-electron chi connectivity index (χ4n) is 9.04. The molecule has 5 rings (SSSR count). The Kier molecular flexibility index (Phi) is 6.93.